The third kappa shape index (κ3) is 4.14. The third-order valence-electron chi connectivity index (χ3n) is 5.43. The largest absolute Gasteiger partial charge is 0.525 e. The lowest BCUT2D eigenvalue weighted by molar-refractivity contribution is 0.00578. The van der Waals surface area contributed by atoms with Crippen LogP contribution in [0.5, 0.6) is 0 Å². The average molecular weight is 371 g/mol. The lowest BCUT2D eigenvalue weighted by Gasteiger charge is -2.32. The van der Waals surface area contributed by atoms with Crippen LogP contribution in [-0.4, -0.2) is 33.3 Å². The number of rotatable bonds is 5. The monoisotopic (exact) mass is 371 g/mol. The molecule has 0 amide bonds. The predicted octanol–water partition coefficient (Wildman–Crippen LogP) is 4.20. The molecule has 0 bridgehead atoms. The Balaban J connectivity index is 1.72. The van der Waals surface area contributed by atoms with Gasteiger partial charge in [-0.1, -0.05) is 49.4 Å². The molecule has 0 aliphatic carbocycles. The Morgan fingerprint density at radius 1 is 1.15 bits per heavy atom. The Morgan fingerprint density at radius 3 is 2.33 bits per heavy atom. The minimum absolute atomic E-state index is 0.125. The Hall–Kier alpha value is -1.99. The predicted molar refractivity (Wildman–Crippen MR) is 105 cm³/mol. The summed E-state index contributed by atoms with van der Waals surface area (Å²) in [4.78, 5) is 0. The highest BCUT2D eigenvalue weighted by atomic mass is 19.1. The normalized spacial score (nSPS) is 19.5. The van der Waals surface area contributed by atoms with Crippen LogP contribution in [0.4, 0.5) is 4.39 Å². The first kappa shape index (κ1) is 19.8. The summed E-state index contributed by atoms with van der Waals surface area (Å²) in [5, 5.41) is 8.20. The molecule has 0 spiro atoms. The molecule has 2 heterocycles. The van der Waals surface area contributed by atoms with Gasteiger partial charge in [-0.3, -0.25) is 4.68 Å². The second kappa shape index (κ2) is 6.87. The van der Waals surface area contributed by atoms with Crippen molar-refractivity contribution in [2.45, 2.75) is 64.7 Å². The molecule has 0 unspecified atom stereocenters. The van der Waals surface area contributed by atoms with Crippen LogP contribution in [0.25, 0.3) is 6.08 Å². The topological polar surface area (TPSA) is 49.2 Å². The molecule has 2 aromatic rings. The SMILES string of the molecule is CC(C)(Cn1cc(C=C(F)B2OC(C)(C)C(C)(C)O2)nn1)c1ccccc1. The van der Waals surface area contributed by atoms with E-state index in [9.17, 15) is 4.39 Å². The van der Waals surface area contributed by atoms with Crippen molar-refractivity contribution in [2.75, 3.05) is 0 Å². The van der Waals surface area contributed by atoms with Crippen LogP contribution in [-0.2, 0) is 21.3 Å². The van der Waals surface area contributed by atoms with Crippen molar-refractivity contribution in [3.05, 3.63) is 53.5 Å². The van der Waals surface area contributed by atoms with Gasteiger partial charge < -0.3 is 9.31 Å². The van der Waals surface area contributed by atoms with E-state index in [4.69, 9.17) is 9.31 Å². The lowest BCUT2D eigenvalue weighted by Crippen LogP contribution is -2.41. The third-order valence-corrected chi connectivity index (χ3v) is 5.43. The van der Waals surface area contributed by atoms with E-state index in [1.807, 2.05) is 45.9 Å². The van der Waals surface area contributed by atoms with Crippen LogP contribution in [0.2, 0.25) is 0 Å². The number of hydrogen-bond acceptors (Lipinski definition) is 4. The number of halogens is 1. The maximum atomic E-state index is 14.6. The van der Waals surface area contributed by atoms with Crippen LogP contribution < -0.4 is 0 Å². The maximum absolute atomic E-state index is 14.6. The molecule has 27 heavy (non-hydrogen) atoms. The first-order valence-electron chi connectivity index (χ1n) is 9.19. The molecule has 1 aromatic carbocycles. The number of hydrogen-bond donors (Lipinski definition) is 0. The van der Waals surface area contributed by atoms with Crippen molar-refractivity contribution < 1.29 is 13.7 Å². The summed E-state index contributed by atoms with van der Waals surface area (Å²) in [7, 11) is -1.03. The minimum Gasteiger partial charge on any atom is -0.398 e. The van der Waals surface area contributed by atoms with Crippen molar-refractivity contribution in [1.82, 2.24) is 15.0 Å². The molecule has 1 saturated heterocycles. The van der Waals surface area contributed by atoms with Gasteiger partial charge in [-0.25, -0.2) is 4.39 Å². The van der Waals surface area contributed by atoms with E-state index in [1.54, 1.807) is 10.9 Å². The molecule has 1 aliphatic heterocycles. The van der Waals surface area contributed by atoms with Crippen LogP contribution in [0.3, 0.4) is 0 Å². The Kier molecular flexibility index (Phi) is 5.03. The van der Waals surface area contributed by atoms with Gasteiger partial charge in [0.1, 0.15) is 11.4 Å². The lowest BCUT2D eigenvalue weighted by atomic mass is 9.85. The number of aromatic nitrogens is 3. The standard InChI is InChI=1S/C20H27BFN3O2/c1-18(2,15-10-8-7-9-11-15)14-25-13-16(23-24-25)12-17(22)21-26-19(3,4)20(5,6)27-21/h7-13H,14H2,1-6H3. The summed E-state index contributed by atoms with van der Waals surface area (Å²) >= 11 is 0. The van der Waals surface area contributed by atoms with Gasteiger partial charge in [-0.05, 0) is 39.3 Å². The first-order valence-corrected chi connectivity index (χ1v) is 9.19. The van der Waals surface area contributed by atoms with Crippen LogP contribution in [0.1, 0.15) is 52.8 Å². The molecule has 0 N–H and O–H groups in total. The molecule has 3 rings (SSSR count). The summed E-state index contributed by atoms with van der Waals surface area (Å²) in [6.07, 6.45) is 3.05. The molecular weight excluding hydrogens is 344 g/mol. The van der Waals surface area contributed by atoms with E-state index >= 15 is 0 Å². The summed E-state index contributed by atoms with van der Waals surface area (Å²) in [5.74, 6) is 0. The van der Waals surface area contributed by atoms with Gasteiger partial charge in [-0.2, -0.15) is 0 Å². The minimum atomic E-state index is -1.03. The summed E-state index contributed by atoms with van der Waals surface area (Å²) in [6, 6.07) is 10.2. The second-order valence-corrected chi connectivity index (χ2v) is 8.71. The highest BCUT2D eigenvalue weighted by Crippen LogP contribution is 2.39. The van der Waals surface area contributed by atoms with Crippen LogP contribution in [0, 0.1) is 0 Å². The zero-order valence-corrected chi connectivity index (χ0v) is 16.9. The second-order valence-electron chi connectivity index (χ2n) is 8.71. The van der Waals surface area contributed by atoms with Gasteiger partial charge in [0.15, 0.2) is 0 Å². The van der Waals surface area contributed by atoms with E-state index in [2.05, 4.69) is 36.3 Å². The van der Waals surface area contributed by atoms with E-state index in [0.29, 0.717) is 12.2 Å². The molecule has 1 fully saturated rings. The van der Waals surface area contributed by atoms with Crippen molar-refractivity contribution in [2.24, 2.45) is 0 Å². The van der Waals surface area contributed by atoms with Gasteiger partial charge in [-0.15, -0.1) is 5.10 Å². The fourth-order valence-corrected chi connectivity index (χ4v) is 3.01. The van der Waals surface area contributed by atoms with Gasteiger partial charge in [0, 0.05) is 5.41 Å². The van der Waals surface area contributed by atoms with E-state index < -0.39 is 24.0 Å². The van der Waals surface area contributed by atoms with Crippen molar-refractivity contribution in [3.8, 4) is 0 Å². The number of nitrogens with zero attached hydrogens (tertiary/aromatic N) is 3. The van der Waals surface area contributed by atoms with Gasteiger partial charge in [0.25, 0.3) is 0 Å². The fourth-order valence-electron chi connectivity index (χ4n) is 3.01. The highest BCUT2D eigenvalue weighted by Gasteiger charge is 2.53. The molecular formula is C20H27BFN3O2. The fraction of sp³-hybridized carbons (Fsp3) is 0.500. The molecule has 0 atom stereocenters. The Labute approximate surface area is 160 Å². The molecule has 144 valence electrons. The molecule has 1 aliphatic rings. The Morgan fingerprint density at radius 2 is 1.74 bits per heavy atom. The zero-order chi connectivity index (χ0) is 19.9. The number of benzene rings is 1. The van der Waals surface area contributed by atoms with E-state index in [0.717, 1.165) is 0 Å². The summed E-state index contributed by atoms with van der Waals surface area (Å²) in [6.45, 7) is 12.5. The quantitative estimate of drug-likeness (QED) is 0.740. The summed E-state index contributed by atoms with van der Waals surface area (Å²) < 4.78 is 27.8. The van der Waals surface area contributed by atoms with Crippen LogP contribution in [0.15, 0.2) is 42.3 Å². The van der Waals surface area contributed by atoms with Gasteiger partial charge >= 0.3 is 7.12 Å². The highest BCUT2D eigenvalue weighted by molar-refractivity contribution is 6.54. The zero-order valence-electron chi connectivity index (χ0n) is 16.9. The van der Waals surface area contributed by atoms with Gasteiger partial charge in [0.05, 0.1) is 23.9 Å². The van der Waals surface area contributed by atoms with Gasteiger partial charge in [0.2, 0.25) is 0 Å². The molecule has 0 saturated carbocycles. The molecule has 1 aromatic heterocycles. The van der Waals surface area contributed by atoms with E-state index in [1.165, 1.54) is 11.6 Å². The summed E-state index contributed by atoms with van der Waals surface area (Å²) in [5.41, 5.74) is -0.157. The van der Waals surface area contributed by atoms with Crippen molar-refractivity contribution in [1.29, 1.82) is 0 Å². The van der Waals surface area contributed by atoms with Crippen LogP contribution >= 0.6 is 0 Å². The van der Waals surface area contributed by atoms with Crippen molar-refractivity contribution >= 4 is 13.2 Å². The smallest absolute Gasteiger partial charge is 0.398 e. The average Bonchev–Trinajstić information content (AvgIpc) is 3.09. The Bertz CT molecular complexity index is 815. The van der Waals surface area contributed by atoms with E-state index in [-0.39, 0.29) is 5.41 Å². The molecule has 0 radical (unpaired) electrons. The maximum Gasteiger partial charge on any atom is 0.525 e. The first-order chi connectivity index (χ1) is 12.5. The molecule has 5 nitrogen and oxygen atoms in total. The van der Waals surface area contributed by atoms with Crippen molar-refractivity contribution in [3.63, 3.8) is 0 Å². The molecule has 7 heteroatoms.